The van der Waals surface area contributed by atoms with Gasteiger partial charge in [-0.15, -0.1) is 0 Å². The van der Waals surface area contributed by atoms with E-state index in [1.165, 1.54) is 97.0 Å². The number of pyridine rings is 1. The van der Waals surface area contributed by atoms with Crippen LogP contribution in [0.5, 0.6) is 0 Å². The first-order chi connectivity index (χ1) is 19.2. The number of hydrogen-bond acceptors (Lipinski definition) is 6. The first-order valence-corrected chi connectivity index (χ1v) is 15.3. The topological polar surface area (TPSA) is 87.0 Å². The van der Waals surface area contributed by atoms with Crippen LogP contribution < -0.4 is 9.88 Å². The highest BCUT2D eigenvalue weighted by molar-refractivity contribution is 5.67. The number of unbranched alkanes of at least 4 members (excludes halogenated alkanes) is 15. The van der Waals surface area contributed by atoms with Gasteiger partial charge in [-0.2, -0.15) is 0 Å². The van der Waals surface area contributed by atoms with Crippen molar-refractivity contribution in [2.24, 2.45) is 0 Å². The molecule has 0 spiro atoms. The number of methoxy groups -OCH3 is 1. The maximum Gasteiger partial charge on any atom is 0.508 e. The molecule has 8 nitrogen and oxygen atoms in total. The minimum Gasteiger partial charge on any atom is -0.447 e. The first-order valence-electron chi connectivity index (χ1n) is 15.3. The summed E-state index contributed by atoms with van der Waals surface area (Å²) in [5.41, 5.74) is 0. The number of nitrogens with zero attached hydrogens (tertiary/aromatic N) is 1. The van der Waals surface area contributed by atoms with Crippen molar-refractivity contribution in [3.63, 3.8) is 0 Å². The van der Waals surface area contributed by atoms with Gasteiger partial charge in [0.05, 0.1) is 0 Å². The molecule has 8 heteroatoms. The molecule has 224 valence electrons. The smallest absolute Gasteiger partial charge is 0.447 e. The van der Waals surface area contributed by atoms with E-state index in [2.05, 4.69) is 12.2 Å². The molecule has 1 heterocycles. The van der Waals surface area contributed by atoms with E-state index in [-0.39, 0.29) is 19.8 Å². The fraction of sp³-hybridized carbons (Fsp3) is 0.774. The van der Waals surface area contributed by atoms with Gasteiger partial charge < -0.3 is 24.3 Å². The third-order valence-corrected chi connectivity index (χ3v) is 6.77. The lowest BCUT2D eigenvalue weighted by molar-refractivity contribution is -0.698. The highest BCUT2D eigenvalue weighted by Crippen LogP contribution is 2.13. The average Bonchev–Trinajstić information content (AvgIpc) is 2.95. The molecule has 1 atom stereocenters. The number of ether oxygens (including phenoxy) is 4. The van der Waals surface area contributed by atoms with Crippen LogP contribution in [0.25, 0.3) is 0 Å². The summed E-state index contributed by atoms with van der Waals surface area (Å²) in [6, 6.07) is 5.72. The van der Waals surface area contributed by atoms with Crippen LogP contribution in [0.15, 0.2) is 30.6 Å². The molecule has 0 bridgehead atoms. The van der Waals surface area contributed by atoms with Crippen LogP contribution in [0.2, 0.25) is 0 Å². The molecule has 1 amide bonds. The second-order valence-electron chi connectivity index (χ2n) is 10.2. The summed E-state index contributed by atoms with van der Waals surface area (Å²) in [4.78, 5) is 23.7. The van der Waals surface area contributed by atoms with Gasteiger partial charge in [0.15, 0.2) is 25.5 Å². The predicted octanol–water partition coefficient (Wildman–Crippen LogP) is 7.13. The maximum atomic E-state index is 11.9. The van der Waals surface area contributed by atoms with Gasteiger partial charge in [0.25, 0.3) is 0 Å². The Bertz CT molecular complexity index is 704. The molecular weight excluding hydrogens is 496 g/mol. The minimum atomic E-state index is -0.776. The van der Waals surface area contributed by atoms with E-state index in [1.807, 2.05) is 35.2 Å². The molecule has 1 rings (SSSR count). The normalized spacial score (nSPS) is 11.6. The molecule has 0 fully saturated rings. The van der Waals surface area contributed by atoms with Crippen molar-refractivity contribution >= 4 is 12.2 Å². The Hall–Kier alpha value is -2.35. The minimum absolute atomic E-state index is 0.00552. The number of nitrogens with one attached hydrogen (secondary N) is 1. The number of rotatable bonds is 25. The lowest BCUT2D eigenvalue weighted by Gasteiger charge is -2.15. The van der Waals surface area contributed by atoms with Gasteiger partial charge in [-0.3, -0.25) is 0 Å². The van der Waals surface area contributed by atoms with Crippen molar-refractivity contribution in [1.82, 2.24) is 5.32 Å². The van der Waals surface area contributed by atoms with Crippen molar-refractivity contribution in [2.45, 2.75) is 122 Å². The third-order valence-electron chi connectivity index (χ3n) is 6.77. The molecular formula is C31H55N2O6+. The lowest BCUT2D eigenvalue weighted by atomic mass is 10.0. The van der Waals surface area contributed by atoms with Crippen molar-refractivity contribution in [3.05, 3.63) is 30.6 Å². The number of alkyl carbamates (subject to hydrolysis) is 1. The zero-order valence-electron chi connectivity index (χ0n) is 24.7. The summed E-state index contributed by atoms with van der Waals surface area (Å²) in [6.45, 7) is 3.54. The number of hydrogen-bond donors (Lipinski definition) is 1. The molecule has 0 aromatic carbocycles. The van der Waals surface area contributed by atoms with E-state index in [9.17, 15) is 9.59 Å². The molecule has 1 N–H and O–H groups in total. The summed E-state index contributed by atoms with van der Waals surface area (Å²) < 4.78 is 22.4. The highest BCUT2D eigenvalue weighted by Gasteiger charge is 2.15. The zero-order chi connectivity index (χ0) is 28.2. The number of aromatic nitrogens is 1. The van der Waals surface area contributed by atoms with Gasteiger partial charge in [-0.1, -0.05) is 109 Å². The van der Waals surface area contributed by atoms with E-state index >= 15 is 0 Å². The molecule has 0 radical (unpaired) electrons. The Kier molecular flexibility index (Phi) is 23.0. The van der Waals surface area contributed by atoms with Crippen LogP contribution in [-0.4, -0.2) is 51.8 Å². The lowest BCUT2D eigenvalue weighted by Crippen LogP contribution is -2.35. The molecule has 0 saturated heterocycles. The third kappa shape index (κ3) is 22.2. The molecule has 1 aromatic heterocycles. The molecule has 1 aromatic rings. The highest BCUT2D eigenvalue weighted by atomic mass is 16.7. The van der Waals surface area contributed by atoms with Crippen LogP contribution in [0.4, 0.5) is 9.59 Å². The number of carbonyl (C=O) groups excluding carboxylic acids is 2. The van der Waals surface area contributed by atoms with E-state index in [0.29, 0.717) is 13.1 Å². The molecule has 0 saturated carbocycles. The van der Waals surface area contributed by atoms with Crippen LogP contribution in [0, 0.1) is 0 Å². The molecule has 0 aliphatic carbocycles. The summed E-state index contributed by atoms with van der Waals surface area (Å²) >= 11 is 0. The van der Waals surface area contributed by atoms with Gasteiger partial charge in [-0.05, 0) is 6.42 Å². The van der Waals surface area contributed by atoms with Gasteiger partial charge in [0.1, 0.15) is 19.3 Å². The van der Waals surface area contributed by atoms with E-state index in [1.54, 1.807) is 0 Å². The van der Waals surface area contributed by atoms with E-state index in [4.69, 9.17) is 18.9 Å². The molecule has 0 aliphatic rings. The monoisotopic (exact) mass is 551 g/mol. The fourth-order valence-electron chi connectivity index (χ4n) is 4.29. The quantitative estimate of drug-likeness (QED) is 0.0790. The predicted molar refractivity (Wildman–Crippen MR) is 154 cm³/mol. The summed E-state index contributed by atoms with van der Waals surface area (Å²) in [6.07, 6.45) is 23.1. The van der Waals surface area contributed by atoms with E-state index in [0.717, 1.165) is 12.8 Å². The van der Waals surface area contributed by atoms with Crippen LogP contribution in [-0.2, 0) is 25.5 Å². The summed E-state index contributed by atoms with van der Waals surface area (Å²) in [5, 5.41) is 2.77. The molecule has 0 aliphatic heterocycles. The standard InChI is InChI=1S/C31H54N2O6/c1-3-4-5-6-7-8-9-10-11-12-13-14-15-16-17-19-22-32-30(34)38-27-29(36-2)28-39-31(35)37-26-25-33-23-20-18-21-24-33/h18,20-21,23-24,29H,3-17,19,22,25-28H2,1-2H3/p+1. The maximum absolute atomic E-state index is 11.9. The molecule has 39 heavy (non-hydrogen) atoms. The number of amides is 1. The number of carbonyl (C=O) groups is 2. The zero-order valence-corrected chi connectivity index (χ0v) is 24.7. The second-order valence-corrected chi connectivity index (χ2v) is 10.2. The Morgan fingerprint density at radius 3 is 1.74 bits per heavy atom. The average molecular weight is 552 g/mol. The molecule has 1 unspecified atom stereocenters. The van der Waals surface area contributed by atoms with Gasteiger partial charge in [-0.25, -0.2) is 14.2 Å². The summed E-state index contributed by atoms with van der Waals surface area (Å²) in [5.74, 6) is 0. The SMILES string of the molecule is CCCCCCCCCCCCCCCCCCNC(=O)OCC(COC(=O)OCC[n+]1ccccc1)OC. The Balaban J connectivity index is 1.88. The van der Waals surface area contributed by atoms with Crippen LogP contribution in [0.1, 0.15) is 110 Å². The Morgan fingerprint density at radius 1 is 0.692 bits per heavy atom. The second kappa shape index (κ2) is 25.9. The Labute approximate surface area is 237 Å². The van der Waals surface area contributed by atoms with Gasteiger partial charge in [0, 0.05) is 25.8 Å². The van der Waals surface area contributed by atoms with Gasteiger partial charge in [0.2, 0.25) is 0 Å². The van der Waals surface area contributed by atoms with Crippen molar-refractivity contribution in [1.29, 1.82) is 0 Å². The van der Waals surface area contributed by atoms with Gasteiger partial charge >= 0.3 is 12.2 Å². The van der Waals surface area contributed by atoms with Crippen LogP contribution in [0.3, 0.4) is 0 Å². The summed E-state index contributed by atoms with van der Waals surface area (Å²) in [7, 11) is 1.48. The van der Waals surface area contributed by atoms with Crippen molar-refractivity contribution in [2.75, 3.05) is 33.5 Å². The van der Waals surface area contributed by atoms with E-state index < -0.39 is 18.4 Å². The van der Waals surface area contributed by atoms with Crippen molar-refractivity contribution < 1.29 is 33.1 Å². The fourth-order valence-corrected chi connectivity index (χ4v) is 4.29. The van der Waals surface area contributed by atoms with Crippen LogP contribution >= 0.6 is 0 Å². The van der Waals surface area contributed by atoms with Crippen molar-refractivity contribution in [3.8, 4) is 0 Å². The largest absolute Gasteiger partial charge is 0.508 e. The Morgan fingerprint density at radius 2 is 1.21 bits per heavy atom. The first kappa shape index (κ1) is 34.7.